The Balaban J connectivity index is 1.82. The van der Waals surface area contributed by atoms with Gasteiger partial charge in [0.1, 0.15) is 11.6 Å². The molecular weight excluding hydrogens is 464 g/mol. The van der Waals surface area contributed by atoms with E-state index in [1.165, 1.54) is 26.1 Å². The molecule has 0 aliphatic heterocycles. The van der Waals surface area contributed by atoms with E-state index in [1.807, 2.05) is 42.5 Å². The third kappa shape index (κ3) is 6.78. The van der Waals surface area contributed by atoms with E-state index in [2.05, 4.69) is 54.2 Å². The van der Waals surface area contributed by atoms with Crippen molar-refractivity contribution in [2.24, 2.45) is 0 Å². The maximum absolute atomic E-state index is 5.44. The largest absolute Gasteiger partial charge is 0.497 e. The minimum Gasteiger partial charge on any atom is -0.497 e. The molecule has 0 fully saturated rings. The van der Waals surface area contributed by atoms with Gasteiger partial charge in [-0.25, -0.2) is 9.97 Å². The van der Waals surface area contributed by atoms with Gasteiger partial charge < -0.3 is 15.0 Å². The van der Waals surface area contributed by atoms with Gasteiger partial charge in [-0.15, -0.1) is 0 Å². The number of rotatable bonds is 11. The number of nitrogens with one attached hydrogen (secondary N) is 2. The number of halogens is 1. The number of benzene rings is 2. The van der Waals surface area contributed by atoms with Crippen LogP contribution in [0.1, 0.15) is 45.0 Å². The molecule has 5 nitrogen and oxygen atoms in total. The highest BCUT2D eigenvalue weighted by atomic mass is 79.9. The van der Waals surface area contributed by atoms with Gasteiger partial charge >= 0.3 is 0 Å². The maximum Gasteiger partial charge on any atom is 0.154 e. The fraction of sp³-hybridized carbons (Fsp3) is 0.385. The first kappa shape index (κ1) is 24.2. The normalized spacial score (nSPS) is 12.6. The maximum atomic E-state index is 5.44. The highest BCUT2D eigenvalue weighted by Crippen LogP contribution is 2.26. The van der Waals surface area contributed by atoms with Crippen molar-refractivity contribution >= 4 is 44.8 Å². The quantitative estimate of drug-likeness (QED) is 0.387. The fourth-order valence-electron chi connectivity index (χ4n) is 3.75. The van der Waals surface area contributed by atoms with E-state index >= 15 is 0 Å². The van der Waals surface area contributed by atoms with Crippen LogP contribution in [0.4, 0.5) is 5.82 Å². The summed E-state index contributed by atoms with van der Waals surface area (Å²) in [5.41, 5.74) is 2.01. The summed E-state index contributed by atoms with van der Waals surface area (Å²) in [6.45, 7) is 10.3. The molecule has 1 unspecified atom stereocenters. The molecule has 2 aromatic carbocycles. The summed E-state index contributed by atoms with van der Waals surface area (Å²) in [5.74, 6) is 2.35. The molecule has 1 aromatic heterocycles. The lowest BCUT2D eigenvalue weighted by Gasteiger charge is -2.19. The smallest absolute Gasteiger partial charge is 0.154 e. The number of quaternary nitrogens is 1. The standard InChI is InChI=1S/C26H33BrN4O/c1-5-31(6-2)17-7-8-19(3)28-26-23-18-22(32-4)14-15-24(23)29-25(30-26)16-11-20-9-12-21(27)13-10-20/h9-16,18-19H,5-8,17H2,1-4H3,(H,28,29,30)/p+1. The van der Waals surface area contributed by atoms with Crippen molar-refractivity contribution in [2.75, 3.05) is 32.1 Å². The van der Waals surface area contributed by atoms with Crippen LogP contribution in [-0.2, 0) is 0 Å². The molecule has 0 saturated carbocycles. The summed E-state index contributed by atoms with van der Waals surface area (Å²) < 4.78 is 6.50. The molecule has 0 spiro atoms. The van der Waals surface area contributed by atoms with E-state index in [9.17, 15) is 0 Å². The molecule has 0 aliphatic rings. The molecule has 0 bridgehead atoms. The zero-order chi connectivity index (χ0) is 22.9. The van der Waals surface area contributed by atoms with Gasteiger partial charge in [0.05, 0.1) is 32.3 Å². The average molecular weight is 498 g/mol. The van der Waals surface area contributed by atoms with Crippen LogP contribution in [-0.4, -0.2) is 42.8 Å². The van der Waals surface area contributed by atoms with E-state index in [0.29, 0.717) is 11.9 Å². The summed E-state index contributed by atoms with van der Waals surface area (Å²) in [4.78, 5) is 11.2. The fourth-order valence-corrected chi connectivity index (χ4v) is 4.01. The number of aromatic nitrogens is 2. The zero-order valence-corrected chi connectivity index (χ0v) is 21.1. The molecule has 0 amide bonds. The van der Waals surface area contributed by atoms with Crippen LogP contribution >= 0.6 is 15.9 Å². The molecule has 0 aliphatic carbocycles. The number of hydrogen-bond acceptors (Lipinski definition) is 4. The summed E-state index contributed by atoms with van der Waals surface area (Å²) in [7, 11) is 1.68. The van der Waals surface area contributed by atoms with Crippen molar-refractivity contribution in [2.45, 2.75) is 39.7 Å². The first-order valence-corrected chi connectivity index (χ1v) is 12.2. The Hall–Kier alpha value is -2.44. The van der Waals surface area contributed by atoms with Crippen molar-refractivity contribution in [3.63, 3.8) is 0 Å². The molecule has 1 atom stereocenters. The van der Waals surface area contributed by atoms with Gasteiger partial charge in [0.15, 0.2) is 5.82 Å². The second-order valence-electron chi connectivity index (χ2n) is 8.09. The molecule has 2 N–H and O–H groups in total. The lowest BCUT2D eigenvalue weighted by Crippen LogP contribution is -3.11. The Labute approximate surface area is 200 Å². The van der Waals surface area contributed by atoms with Crippen molar-refractivity contribution in [3.8, 4) is 5.75 Å². The van der Waals surface area contributed by atoms with E-state index in [4.69, 9.17) is 14.7 Å². The van der Waals surface area contributed by atoms with Gasteiger partial charge in [0, 0.05) is 15.9 Å². The Morgan fingerprint density at radius 3 is 2.50 bits per heavy atom. The molecule has 32 heavy (non-hydrogen) atoms. The highest BCUT2D eigenvalue weighted by Gasteiger charge is 2.12. The van der Waals surface area contributed by atoms with Gasteiger partial charge in [-0.3, -0.25) is 0 Å². The monoisotopic (exact) mass is 497 g/mol. The number of methoxy groups -OCH3 is 1. The van der Waals surface area contributed by atoms with Crippen LogP contribution in [0, 0.1) is 0 Å². The molecule has 0 saturated heterocycles. The average Bonchev–Trinajstić information content (AvgIpc) is 2.81. The van der Waals surface area contributed by atoms with Crippen molar-refractivity contribution in [1.29, 1.82) is 0 Å². The van der Waals surface area contributed by atoms with E-state index in [1.54, 1.807) is 12.0 Å². The van der Waals surface area contributed by atoms with Gasteiger partial charge in [0.2, 0.25) is 0 Å². The van der Waals surface area contributed by atoms with Crippen LogP contribution in [0.15, 0.2) is 46.9 Å². The van der Waals surface area contributed by atoms with Gasteiger partial charge in [0.25, 0.3) is 0 Å². The summed E-state index contributed by atoms with van der Waals surface area (Å²) in [6, 6.07) is 14.4. The molecular formula is C26H34BrN4O+. The lowest BCUT2D eigenvalue weighted by atomic mass is 10.1. The number of nitrogens with zero attached hydrogens (tertiary/aromatic N) is 2. The number of anilines is 1. The predicted molar refractivity (Wildman–Crippen MR) is 138 cm³/mol. The van der Waals surface area contributed by atoms with Crippen LogP contribution in [0.5, 0.6) is 5.75 Å². The Bertz CT molecular complexity index is 1030. The molecule has 170 valence electrons. The zero-order valence-electron chi connectivity index (χ0n) is 19.5. The van der Waals surface area contributed by atoms with Crippen LogP contribution < -0.4 is 15.0 Å². The summed E-state index contributed by atoms with van der Waals surface area (Å²) >= 11 is 3.48. The van der Waals surface area contributed by atoms with Crippen molar-refractivity contribution in [3.05, 3.63) is 58.3 Å². The molecule has 3 rings (SSSR count). The van der Waals surface area contributed by atoms with Crippen LogP contribution in [0.2, 0.25) is 0 Å². The van der Waals surface area contributed by atoms with Gasteiger partial charge in [-0.1, -0.05) is 34.1 Å². The topological polar surface area (TPSA) is 51.5 Å². The second-order valence-corrected chi connectivity index (χ2v) is 9.01. The third-order valence-electron chi connectivity index (χ3n) is 5.77. The van der Waals surface area contributed by atoms with Crippen molar-refractivity contribution < 1.29 is 9.64 Å². The minimum atomic E-state index is 0.317. The number of hydrogen-bond donors (Lipinski definition) is 2. The minimum absolute atomic E-state index is 0.317. The Morgan fingerprint density at radius 2 is 1.81 bits per heavy atom. The molecule has 6 heteroatoms. The molecule has 1 heterocycles. The number of ether oxygens (including phenoxy) is 1. The van der Waals surface area contributed by atoms with Gasteiger partial charge in [-0.2, -0.15) is 0 Å². The SMILES string of the molecule is CC[NH+](CC)CCCC(C)Nc1nc(C=Cc2ccc(Br)cc2)nc2ccc(OC)cc12. The first-order valence-electron chi connectivity index (χ1n) is 11.4. The first-order chi connectivity index (χ1) is 15.5. The van der Waals surface area contributed by atoms with Gasteiger partial charge in [-0.05, 0) is 75.6 Å². The summed E-state index contributed by atoms with van der Waals surface area (Å²) in [5, 5.41) is 4.61. The number of fused-ring (bicyclic) bond motifs is 1. The predicted octanol–water partition coefficient (Wildman–Crippen LogP) is 5.08. The van der Waals surface area contributed by atoms with E-state index in [-0.39, 0.29) is 0 Å². The van der Waals surface area contributed by atoms with Crippen LogP contribution in [0.25, 0.3) is 23.1 Å². The highest BCUT2D eigenvalue weighted by molar-refractivity contribution is 9.10. The summed E-state index contributed by atoms with van der Waals surface area (Å²) in [6.07, 6.45) is 6.29. The third-order valence-corrected chi connectivity index (χ3v) is 6.29. The van der Waals surface area contributed by atoms with Crippen LogP contribution in [0.3, 0.4) is 0 Å². The Kier molecular flexibility index (Phi) is 9.06. The van der Waals surface area contributed by atoms with E-state index < -0.39 is 0 Å². The molecule has 3 aromatic rings. The Morgan fingerprint density at radius 1 is 1.06 bits per heavy atom. The van der Waals surface area contributed by atoms with Crippen molar-refractivity contribution in [1.82, 2.24) is 9.97 Å². The second kappa shape index (κ2) is 12.0. The lowest BCUT2D eigenvalue weighted by molar-refractivity contribution is -0.896. The van der Waals surface area contributed by atoms with E-state index in [0.717, 1.165) is 38.9 Å². The molecule has 0 radical (unpaired) electrons.